The summed E-state index contributed by atoms with van der Waals surface area (Å²) >= 11 is 0. The highest BCUT2D eigenvalue weighted by Crippen LogP contribution is 2.19. The normalized spacial score (nSPS) is 10.8. The van der Waals surface area contributed by atoms with Gasteiger partial charge in [0.05, 0.1) is 6.67 Å². The molecular formula is C11H19N5O2. The molecule has 0 unspecified atom stereocenters. The van der Waals surface area contributed by atoms with Crippen molar-refractivity contribution in [1.29, 1.82) is 0 Å². The third kappa shape index (κ3) is 2.35. The minimum atomic E-state index is -0.425. The van der Waals surface area contributed by atoms with E-state index in [0.29, 0.717) is 5.82 Å². The van der Waals surface area contributed by atoms with Crippen molar-refractivity contribution < 1.29 is 0 Å². The van der Waals surface area contributed by atoms with Gasteiger partial charge in [0, 0.05) is 21.1 Å². The average Bonchev–Trinajstić information content (AvgIpc) is 2.28. The van der Waals surface area contributed by atoms with Gasteiger partial charge in [0.15, 0.2) is 5.69 Å². The molecule has 1 rings (SSSR count). The molecule has 0 N–H and O–H groups in total. The zero-order valence-corrected chi connectivity index (χ0v) is 11.5. The van der Waals surface area contributed by atoms with Crippen LogP contribution >= 0.6 is 0 Å². The molecule has 0 fully saturated rings. The van der Waals surface area contributed by atoms with Crippen LogP contribution < -0.4 is 16.1 Å². The number of anilines is 1. The molecule has 0 aliphatic carbocycles. The topological polar surface area (TPSA) is 62.8 Å². The quantitative estimate of drug-likeness (QED) is 0.676. The van der Waals surface area contributed by atoms with Crippen LogP contribution in [0.4, 0.5) is 11.5 Å². The van der Waals surface area contributed by atoms with Gasteiger partial charge in [0.2, 0.25) is 0 Å². The first-order valence-corrected chi connectivity index (χ1v) is 5.43. The van der Waals surface area contributed by atoms with Crippen molar-refractivity contribution in [3.63, 3.8) is 0 Å². The molecular weight excluding hydrogens is 234 g/mol. The summed E-state index contributed by atoms with van der Waals surface area (Å²) in [5.74, 6) is 0.454. The van der Waals surface area contributed by atoms with Crippen molar-refractivity contribution in [2.45, 2.75) is 6.67 Å². The Balaban J connectivity index is 3.71. The largest absolute Gasteiger partial charge is 0.362 e. The molecule has 0 atom stereocenters. The second kappa shape index (κ2) is 5.18. The van der Waals surface area contributed by atoms with Crippen molar-refractivity contribution in [3.8, 4) is 0 Å². The van der Waals surface area contributed by atoms with Gasteiger partial charge in [-0.3, -0.25) is 19.3 Å². The fraction of sp³-hybridized carbons (Fsp3) is 0.545. The van der Waals surface area contributed by atoms with Crippen LogP contribution in [-0.4, -0.2) is 48.9 Å². The number of rotatable bonds is 4. The van der Waals surface area contributed by atoms with Crippen LogP contribution in [0.3, 0.4) is 0 Å². The minimum absolute atomic E-state index is 0.184. The van der Waals surface area contributed by atoms with E-state index in [-0.39, 0.29) is 18.0 Å². The van der Waals surface area contributed by atoms with E-state index in [2.05, 4.69) is 11.7 Å². The van der Waals surface area contributed by atoms with Crippen LogP contribution in [0.15, 0.2) is 14.6 Å². The summed E-state index contributed by atoms with van der Waals surface area (Å²) in [6, 6.07) is 0. The fourth-order valence-electron chi connectivity index (χ4n) is 1.80. The van der Waals surface area contributed by atoms with Crippen molar-refractivity contribution in [2.24, 2.45) is 12.0 Å². The van der Waals surface area contributed by atoms with Crippen LogP contribution in [0.1, 0.15) is 0 Å². The van der Waals surface area contributed by atoms with Crippen LogP contribution in [0.2, 0.25) is 0 Å². The highest BCUT2D eigenvalue weighted by atomic mass is 16.2. The smallest absolute Gasteiger partial charge is 0.333 e. The number of aromatic nitrogens is 2. The predicted molar refractivity (Wildman–Crippen MR) is 73.2 cm³/mol. The first-order chi connectivity index (χ1) is 8.31. The lowest BCUT2D eigenvalue weighted by Crippen LogP contribution is -2.43. The minimum Gasteiger partial charge on any atom is -0.362 e. The molecule has 18 heavy (non-hydrogen) atoms. The van der Waals surface area contributed by atoms with Gasteiger partial charge in [-0.15, -0.1) is 0 Å². The summed E-state index contributed by atoms with van der Waals surface area (Å²) in [6.07, 6.45) is 0. The fourth-order valence-corrected chi connectivity index (χ4v) is 1.80. The Bertz CT molecular complexity index is 568. The average molecular weight is 253 g/mol. The Labute approximate surface area is 106 Å². The van der Waals surface area contributed by atoms with E-state index in [1.807, 2.05) is 0 Å². The molecule has 0 aliphatic rings. The number of hydrogen-bond acceptors (Lipinski definition) is 5. The van der Waals surface area contributed by atoms with E-state index < -0.39 is 5.56 Å². The number of aliphatic imine (C=N–C) groups is 1. The van der Waals surface area contributed by atoms with Gasteiger partial charge in [-0.25, -0.2) is 9.36 Å². The van der Waals surface area contributed by atoms with Crippen LogP contribution in [-0.2, 0) is 13.7 Å². The third-order valence-corrected chi connectivity index (χ3v) is 2.50. The Morgan fingerprint density at radius 1 is 1.22 bits per heavy atom. The second-order valence-electron chi connectivity index (χ2n) is 4.52. The summed E-state index contributed by atoms with van der Waals surface area (Å²) < 4.78 is 2.53. The third-order valence-electron chi connectivity index (χ3n) is 2.50. The number of nitrogens with zero attached hydrogens (tertiary/aromatic N) is 5. The van der Waals surface area contributed by atoms with E-state index in [9.17, 15) is 9.59 Å². The van der Waals surface area contributed by atoms with Crippen molar-refractivity contribution in [2.75, 3.05) is 33.1 Å². The lowest BCUT2D eigenvalue weighted by atomic mass is 10.4. The molecule has 7 heteroatoms. The molecule has 0 aromatic carbocycles. The van der Waals surface area contributed by atoms with Crippen LogP contribution in [0.25, 0.3) is 0 Å². The molecule has 0 aliphatic heterocycles. The van der Waals surface area contributed by atoms with Gasteiger partial charge in [-0.2, -0.15) is 0 Å². The van der Waals surface area contributed by atoms with Crippen molar-refractivity contribution >= 4 is 18.2 Å². The molecule has 0 radical (unpaired) electrons. The van der Waals surface area contributed by atoms with E-state index >= 15 is 0 Å². The monoisotopic (exact) mass is 253 g/mol. The van der Waals surface area contributed by atoms with Crippen molar-refractivity contribution in [1.82, 2.24) is 14.0 Å². The molecule has 0 saturated heterocycles. The SMILES string of the molecule is C=Nc1c(N(C)C)n(C)c(=O)n(CN(C)C)c1=O. The van der Waals surface area contributed by atoms with Crippen molar-refractivity contribution in [3.05, 3.63) is 20.8 Å². The molecule has 1 aromatic heterocycles. The standard InChI is InChI=1S/C11H19N5O2/c1-12-8-9(14(4)5)15(6)11(18)16(10(8)17)7-13(2)3/h1,7H2,2-6H3. The Morgan fingerprint density at radius 3 is 2.17 bits per heavy atom. The predicted octanol–water partition coefficient (Wildman–Crippen LogP) is -0.536. The number of hydrogen-bond donors (Lipinski definition) is 0. The second-order valence-corrected chi connectivity index (χ2v) is 4.52. The first kappa shape index (κ1) is 14.2. The summed E-state index contributed by atoms with van der Waals surface area (Å²) in [7, 11) is 8.68. The highest BCUT2D eigenvalue weighted by Gasteiger charge is 2.17. The summed E-state index contributed by atoms with van der Waals surface area (Å²) in [5, 5.41) is 0. The van der Waals surface area contributed by atoms with Gasteiger partial charge in [-0.1, -0.05) is 0 Å². The molecule has 0 amide bonds. The van der Waals surface area contributed by atoms with E-state index in [1.165, 1.54) is 4.57 Å². The maximum absolute atomic E-state index is 12.2. The highest BCUT2D eigenvalue weighted by molar-refractivity contribution is 5.63. The molecule has 1 heterocycles. The van der Waals surface area contributed by atoms with Crippen LogP contribution in [0.5, 0.6) is 0 Å². The summed E-state index contributed by atoms with van der Waals surface area (Å²) in [4.78, 5) is 31.5. The Morgan fingerprint density at radius 2 is 1.78 bits per heavy atom. The lowest BCUT2D eigenvalue weighted by Gasteiger charge is -2.21. The zero-order chi connectivity index (χ0) is 14.0. The summed E-state index contributed by atoms with van der Waals surface area (Å²) in [5.41, 5.74) is -0.612. The maximum Gasteiger partial charge on any atom is 0.333 e. The zero-order valence-electron chi connectivity index (χ0n) is 11.5. The van der Waals surface area contributed by atoms with E-state index in [4.69, 9.17) is 0 Å². The molecule has 100 valence electrons. The Kier molecular flexibility index (Phi) is 4.07. The Hall–Kier alpha value is -1.89. The van der Waals surface area contributed by atoms with E-state index in [0.717, 1.165) is 4.57 Å². The molecule has 7 nitrogen and oxygen atoms in total. The molecule has 0 saturated carbocycles. The first-order valence-electron chi connectivity index (χ1n) is 5.43. The van der Waals surface area contributed by atoms with E-state index in [1.54, 1.807) is 45.0 Å². The molecule has 1 aromatic rings. The van der Waals surface area contributed by atoms with Gasteiger partial charge in [-0.05, 0) is 20.8 Å². The molecule has 0 spiro atoms. The molecule has 0 bridgehead atoms. The van der Waals surface area contributed by atoms with Gasteiger partial charge < -0.3 is 4.90 Å². The maximum atomic E-state index is 12.2. The summed E-state index contributed by atoms with van der Waals surface area (Å²) in [6.45, 7) is 3.62. The van der Waals surface area contributed by atoms with Gasteiger partial charge >= 0.3 is 5.69 Å². The van der Waals surface area contributed by atoms with Gasteiger partial charge in [0.1, 0.15) is 5.82 Å². The van der Waals surface area contributed by atoms with Crippen LogP contribution in [0, 0.1) is 0 Å². The van der Waals surface area contributed by atoms with Gasteiger partial charge in [0.25, 0.3) is 5.56 Å². The lowest BCUT2D eigenvalue weighted by molar-refractivity contribution is 0.310.